The van der Waals surface area contributed by atoms with Gasteiger partial charge in [-0.25, -0.2) is 4.39 Å². The molecule has 0 unspecified atom stereocenters. The summed E-state index contributed by atoms with van der Waals surface area (Å²) >= 11 is 11.4. The molecule has 0 aliphatic carbocycles. The Morgan fingerprint density at radius 3 is 2.20 bits per heavy atom. The van der Waals surface area contributed by atoms with E-state index in [0.717, 1.165) is 5.56 Å². The summed E-state index contributed by atoms with van der Waals surface area (Å²) in [7, 11) is 0. The average molecular weight is 241 g/mol. The Bertz CT molecular complexity index is 480. The minimum atomic E-state index is -0.477. The lowest BCUT2D eigenvalue weighted by Crippen LogP contribution is -1.86. The Morgan fingerprint density at radius 1 is 0.867 bits per heavy atom. The Hall–Kier alpha value is -1.05. The van der Waals surface area contributed by atoms with Crippen molar-refractivity contribution in [2.24, 2.45) is 0 Å². The fourth-order valence-electron chi connectivity index (χ4n) is 1.37. The van der Waals surface area contributed by atoms with Gasteiger partial charge in [-0.1, -0.05) is 53.5 Å². The molecule has 76 valence electrons. The summed E-state index contributed by atoms with van der Waals surface area (Å²) < 4.78 is 13.7. The van der Waals surface area contributed by atoms with Crippen molar-refractivity contribution in [3.63, 3.8) is 0 Å². The van der Waals surface area contributed by atoms with Crippen molar-refractivity contribution in [3.8, 4) is 11.1 Å². The molecule has 0 saturated carbocycles. The van der Waals surface area contributed by atoms with Gasteiger partial charge in [-0.15, -0.1) is 0 Å². The quantitative estimate of drug-likeness (QED) is 0.629. The second-order valence-corrected chi connectivity index (χ2v) is 3.87. The molecule has 0 spiro atoms. The summed E-state index contributed by atoms with van der Waals surface area (Å²) in [4.78, 5) is 0. The molecule has 0 amide bonds. The van der Waals surface area contributed by atoms with E-state index in [0.29, 0.717) is 5.56 Å². The Labute approximate surface area is 97.3 Å². The molecule has 2 aromatic carbocycles. The van der Waals surface area contributed by atoms with E-state index in [2.05, 4.69) is 0 Å². The predicted molar refractivity (Wildman–Crippen MR) is 61.9 cm³/mol. The van der Waals surface area contributed by atoms with Gasteiger partial charge in [0, 0.05) is 5.56 Å². The largest absolute Gasteiger partial charge is 0.205 e. The zero-order chi connectivity index (χ0) is 10.8. The second-order valence-electron chi connectivity index (χ2n) is 3.09. The highest BCUT2D eigenvalue weighted by Crippen LogP contribution is 2.32. The molecule has 0 bridgehead atoms. The van der Waals surface area contributed by atoms with Crippen molar-refractivity contribution in [2.45, 2.75) is 0 Å². The van der Waals surface area contributed by atoms with Gasteiger partial charge in [0.1, 0.15) is 0 Å². The second kappa shape index (κ2) is 4.21. The Kier molecular flexibility index (Phi) is 2.94. The highest BCUT2D eigenvalue weighted by atomic mass is 35.5. The van der Waals surface area contributed by atoms with Crippen LogP contribution >= 0.6 is 23.2 Å². The first-order chi connectivity index (χ1) is 7.20. The van der Waals surface area contributed by atoms with Crippen molar-refractivity contribution in [1.29, 1.82) is 0 Å². The van der Waals surface area contributed by atoms with Crippen LogP contribution in [-0.4, -0.2) is 0 Å². The van der Waals surface area contributed by atoms with E-state index in [1.807, 2.05) is 30.3 Å². The maximum atomic E-state index is 13.7. The maximum absolute atomic E-state index is 13.7. The maximum Gasteiger partial charge on any atom is 0.151 e. The monoisotopic (exact) mass is 240 g/mol. The minimum absolute atomic E-state index is 0.0296. The predicted octanol–water partition coefficient (Wildman–Crippen LogP) is 4.80. The number of hydrogen-bond donors (Lipinski definition) is 0. The van der Waals surface area contributed by atoms with E-state index in [9.17, 15) is 4.39 Å². The third-order valence-corrected chi connectivity index (χ3v) is 2.90. The van der Waals surface area contributed by atoms with Crippen LogP contribution < -0.4 is 0 Å². The highest BCUT2D eigenvalue weighted by Gasteiger charge is 2.11. The normalized spacial score (nSPS) is 10.3. The molecule has 15 heavy (non-hydrogen) atoms. The number of halogens is 3. The van der Waals surface area contributed by atoms with Crippen LogP contribution in [0.5, 0.6) is 0 Å². The summed E-state index contributed by atoms with van der Waals surface area (Å²) in [6.45, 7) is 0. The molecular formula is C12H7Cl2F. The van der Waals surface area contributed by atoms with Gasteiger partial charge in [-0.3, -0.25) is 0 Å². The molecular weight excluding hydrogens is 234 g/mol. The third kappa shape index (κ3) is 1.99. The first-order valence-corrected chi connectivity index (χ1v) is 5.14. The van der Waals surface area contributed by atoms with E-state index in [-0.39, 0.29) is 10.0 Å². The fraction of sp³-hybridized carbons (Fsp3) is 0. The highest BCUT2D eigenvalue weighted by molar-refractivity contribution is 6.42. The Morgan fingerprint density at radius 2 is 1.53 bits per heavy atom. The lowest BCUT2D eigenvalue weighted by Gasteiger charge is -2.05. The van der Waals surface area contributed by atoms with E-state index in [1.54, 1.807) is 12.1 Å². The molecule has 2 aromatic rings. The van der Waals surface area contributed by atoms with Crippen LogP contribution in [0, 0.1) is 5.82 Å². The first-order valence-electron chi connectivity index (χ1n) is 4.39. The summed E-state index contributed by atoms with van der Waals surface area (Å²) in [5.74, 6) is -0.477. The van der Waals surface area contributed by atoms with Gasteiger partial charge in [0.2, 0.25) is 0 Å². The van der Waals surface area contributed by atoms with Crippen LogP contribution in [0.3, 0.4) is 0 Å². The zero-order valence-electron chi connectivity index (χ0n) is 7.68. The average Bonchev–Trinajstić information content (AvgIpc) is 2.27. The Balaban J connectivity index is 2.60. The van der Waals surface area contributed by atoms with Crippen LogP contribution in [-0.2, 0) is 0 Å². The van der Waals surface area contributed by atoms with Gasteiger partial charge in [0.15, 0.2) is 5.82 Å². The lowest BCUT2D eigenvalue weighted by atomic mass is 10.1. The van der Waals surface area contributed by atoms with Gasteiger partial charge < -0.3 is 0 Å². The molecule has 0 heterocycles. The lowest BCUT2D eigenvalue weighted by molar-refractivity contribution is 0.632. The molecule has 0 aliphatic heterocycles. The van der Waals surface area contributed by atoms with E-state index in [4.69, 9.17) is 23.2 Å². The van der Waals surface area contributed by atoms with Crippen LogP contribution in [0.4, 0.5) is 4.39 Å². The van der Waals surface area contributed by atoms with Crippen molar-refractivity contribution in [2.75, 3.05) is 0 Å². The summed E-state index contributed by atoms with van der Waals surface area (Å²) in [6.07, 6.45) is 0. The first kappa shape index (κ1) is 10.5. The van der Waals surface area contributed by atoms with E-state index < -0.39 is 5.82 Å². The SMILES string of the molecule is Fc1c(-c2ccccc2)ccc(Cl)c1Cl. The van der Waals surface area contributed by atoms with Crippen LogP contribution in [0.15, 0.2) is 42.5 Å². The van der Waals surface area contributed by atoms with Crippen molar-refractivity contribution >= 4 is 23.2 Å². The molecule has 2 rings (SSSR count). The standard InChI is InChI=1S/C12H7Cl2F/c13-10-7-6-9(12(15)11(10)14)8-4-2-1-3-5-8/h1-7H. The number of hydrogen-bond acceptors (Lipinski definition) is 0. The van der Waals surface area contributed by atoms with Crippen molar-refractivity contribution in [3.05, 3.63) is 58.3 Å². The molecule has 0 aromatic heterocycles. The summed E-state index contributed by atoms with van der Waals surface area (Å²) in [5, 5.41) is 0.201. The molecule has 0 radical (unpaired) electrons. The van der Waals surface area contributed by atoms with Crippen LogP contribution in [0.1, 0.15) is 0 Å². The molecule has 0 atom stereocenters. The zero-order valence-corrected chi connectivity index (χ0v) is 9.19. The topological polar surface area (TPSA) is 0 Å². The van der Waals surface area contributed by atoms with Gasteiger partial charge in [-0.2, -0.15) is 0 Å². The summed E-state index contributed by atoms with van der Waals surface area (Å²) in [6, 6.07) is 12.4. The molecule has 0 N–H and O–H groups in total. The number of benzene rings is 2. The van der Waals surface area contributed by atoms with Crippen molar-refractivity contribution in [1.82, 2.24) is 0 Å². The molecule has 0 nitrogen and oxygen atoms in total. The van der Waals surface area contributed by atoms with Crippen LogP contribution in [0.25, 0.3) is 11.1 Å². The van der Waals surface area contributed by atoms with Gasteiger partial charge >= 0.3 is 0 Å². The molecule has 0 saturated heterocycles. The smallest absolute Gasteiger partial charge is 0.151 e. The van der Waals surface area contributed by atoms with Crippen LogP contribution in [0.2, 0.25) is 10.0 Å². The fourth-order valence-corrected chi connectivity index (χ4v) is 1.68. The summed E-state index contributed by atoms with van der Waals surface area (Å²) in [5.41, 5.74) is 1.25. The third-order valence-electron chi connectivity index (χ3n) is 2.12. The molecule has 0 fully saturated rings. The van der Waals surface area contributed by atoms with Crippen molar-refractivity contribution < 1.29 is 4.39 Å². The molecule has 0 aliphatic rings. The van der Waals surface area contributed by atoms with Gasteiger partial charge in [0.05, 0.1) is 10.0 Å². The number of rotatable bonds is 1. The minimum Gasteiger partial charge on any atom is -0.205 e. The van der Waals surface area contributed by atoms with Gasteiger partial charge in [-0.05, 0) is 17.7 Å². The van der Waals surface area contributed by atoms with Gasteiger partial charge in [0.25, 0.3) is 0 Å². The van der Waals surface area contributed by atoms with E-state index >= 15 is 0 Å². The molecule has 3 heteroatoms. The van der Waals surface area contributed by atoms with E-state index in [1.165, 1.54) is 0 Å².